The van der Waals surface area contributed by atoms with Gasteiger partial charge in [0, 0.05) is 6.04 Å². The van der Waals surface area contributed by atoms with E-state index in [2.05, 4.69) is 33.0 Å². The lowest BCUT2D eigenvalue weighted by Gasteiger charge is -2.30. The van der Waals surface area contributed by atoms with Crippen molar-refractivity contribution in [2.45, 2.75) is 78.3 Å². The van der Waals surface area contributed by atoms with Gasteiger partial charge in [0.1, 0.15) is 0 Å². The second kappa shape index (κ2) is 6.47. The molecule has 2 rings (SSSR count). The summed E-state index contributed by atoms with van der Waals surface area (Å²) in [7, 11) is 0. The Bertz CT molecular complexity index is 394. The van der Waals surface area contributed by atoms with Crippen molar-refractivity contribution in [3.63, 3.8) is 0 Å². The third-order valence-electron chi connectivity index (χ3n) is 5.27. The molecule has 0 radical (unpaired) electrons. The van der Waals surface area contributed by atoms with Gasteiger partial charge in [-0.25, -0.2) is 0 Å². The monoisotopic (exact) mass is 294 g/mol. The van der Waals surface area contributed by atoms with E-state index in [1.165, 1.54) is 6.42 Å². The molecule has 1 aliphatic carbocycles. The summed E-state index contributed by atoms with van der Waals surface area (Å²) in [6, 6.07) is -0.144. The van der Waals surface area contributed by atoms with E-state index in [0.717, 1.165) is 32.2 Å². The molecule has 4 nitrogen and oxygen atoms in total. The first-order valence-electron chi connectivity index (χ1n) is 8.40. The third kappa shape index (κ3) is 3.85. The number of carbonyl (C=O) groups is 2. The first-order valence-corrected chi connectivity index (χ1v) is 8.40. The maximum Gasteiger partial charge on any atom is 0.247 e. The lowest BCUT2D eigenvalue weighted by Crippen LogP contribution is -2.46. The van der Waals surface area contributed by atoms with Crippen LogP contribution in [0.5, 0.6) is 0 Å². The number of hydrogen-bond donors (Lipinski definition) is 1. The summed E-state index contributed by atoms with van der Waals surface area (Å²) in [5.41, 5.74) is 0.210. The van der Waals surface area contributed by atoms with Crippen LogP contribution in [0, 0.1) is 11.3 Å². The van der Waals surface area contributed by atoms with Crippen LogP contribution in [0.1, 0.15) is 66.2 Å². The standard InChI is InChI=1S/C17H30N2O2/c1-12(17(2,3)4)11-18-14-10-15(20)19(16(14)21)13-8-6-5-7-9-13/h12-14,18H,5-11H2,1-4H3. The number of amides is 2. The fraction of sp³-hybridized carbons (Fsp3) is 0.882. The van der Waals surface area contributed by atoms with Crippen molar-refractivity contribution in [1.82, 2.24) is 10.2 Å². The van der Waals surface area contributed by atoms with E-state index < -0.39 is 0 Å². The van der Waals surface area contributed by atoms with Crippen molar-refractivity contribution in [3.8, 4) is 0 Å². The average molecular weight is 294 g/mol. The van der Waals surface area contributed by atoms with Crippen LogP contribution in [0.4, 0.5) is 0 Å². The van der Waals surface area contributed by atoms with Gasteiger partial charge in [-0.15, -0.1) is 0 Å². The zero-order valence-corrected chi connectivity index (χ0v) is 13.9. The Labute approximate surface area is 128 Å². The third-order valence-corrected chi connectivity index (χ3v) is 5.27. The maximum absolute atomic E-state index is 12.5. The van der Waals surface area contributed by atoms with Crippen molar-refractivity contribution >= 4 is 11.8 Å². The molecule has 0 spiro atoms. The molecule has 21 heavy (non-hydrogen) atoms. The second-order valence-electron chi connectivity index (χ2n) is 7.83. The van der Waals surface area contributed by atoms with Gasteiger partial charge in [0.2, 0.25) is 11.8 Å². The predicted molar refractivity (Wildman–Crippen MR) is 83.8 cm³/mol. The average Bonchev–Trinajstić information content (AvgIpc) is 2.70. The highest BCUT2D eigenvalue weighted by atomic mass is 16.2. The van der Waals surface area contributed by atoms with Crippen LogP contribution in [0.25, 0.3) is 0 Å². The van der Waals surface area contributed by atoms with Gasteiger partial charge in [0.25, 0.3) is 0 Å². The van der Waals surface area contributed by atoms with Crippen molar-refractivity contribution < 1.29 is 9.59 Å². The summed E-state index contributed by atoms with van der Waals surface area (Å²) < 4.78 is 0. The van der Waals surface area contributed by atoms with Gasteiger partial charge in [-0.1, -0.05) is 47.0 Å². The molecule has 2 atom stereocenters. The summed E-state index contributed by atoms with van der Waals surface area (Å²) in [5, 5.41) is 3.33. The number of rotatable bonds is 4. The molecule has 0 bridgehead atoms. The second-order valence-corrected chi connectivity index (χ2v) is 7.83. The highest BCUT2D eigenvalue weighted by Gasteiger charge is 2.42. The molecule has 2 fully saturated rings. The lowest BCUT2D eigenvalue weighted by molar-refractivity contribution is -0.142. The zero-order valence-electron chi connectivity index (χ0n) is 13.9. The van der Waals surface area contributed by atoms with Crippen LogP contribution in [0.15, 0.2) is 0 Å². The predicted octanol–water partition coefficient (Wildman–Crippen LogP) is 2.72. The van der Waals surface area contributed by atoms with E-state index in [9.17, 15) is 9.59 Å². The maximum atomic E-state index is 12.5. The summed E-state index contributed by atoms with van der Waals surface area (Å²) in [5.74, 6) is 0.491. The molecule has 2 amide bonds. The van der Waals surface area contributed by atoms with Crippen LogP contribution in [0.3, 0.4) is 0 Å². The molecular formula is C17H30N2O2. The van der Waals surface area contributed by atoms with Crippen molar-refractivity contribution in [1.29, 1.82) is 0 Å². The van der Waals surface area contributed by atoms with Crippen LogP contribution < -0.4 is 5.32 Å². The van der Waals surface area contributed by atoms with Gasteiger partial charge in [-0.05, 0) is 30.7 Å². The Balaban J connectivity index is 1.92. The molecule has 2 unspecified atom stereocenters. The van der Waals surface area contributed by atoms with E-state index in [1.807, 2.05) is 0 Å². The van der Waals surface area contributed by atoms with E-state index in [0.29, 0.717) is 12.3 Å². The van der Waals surface area contributed by atoms with Crippen LogP contribution in [0.2, 0.25) is 0 Å². The molecule has 0 aromatic heterocycles. The molecule has 1 heterocycles. The molecule has 4 heteroatoms. The Morgan fingerprint density at radius 1 is 1.19 bits per heavy atom. The summed E-state index contributed by atoms with van der Waals surface area (Å²) in [6.07, 6.45) is 5.83. The Kier molecular flexibility index (Phi) is 5.07. The fourth-order valence-corrected chi connectivity index (χ4v) is 3.16. The number of carbonyl (C=O) groups excluding carboxylic acids is 2. The molecule has 1 saturated heterocycles. The summed E-state index contributed by atoms with van der Waals surface area (Å²) in [4.78, 5) is 26.3. The molecule has 120 valence electrons. The van der Waals surface area contributed by atoms with E-state index in [1.54, 1.807) is 4.90 Å². The quantitative estimate of drug-likeness (QED) is 0.811. The van der Waals surface area contributed by atoms with Gasteiger partial charge < -0.3 is 5.32 Å². The lowest BCUT2D eigenvalue weighted by atomic mass is 9.82. The first kappa shape index (κ1) is 16.5. The Morgan fingerprint density at radius 3 is 2.38 bits per heavy atom. The summed E-state index contributed by atoms with van der Waals surface area (Å²) in [6.45, 7) is 9.58. The SMILES string of the molecule is CC(CNC1CC(=O)N(C2CCCCC2)C1=O)C(C)(C)C. The number of likely N-dealkylation sites (tertiary alicyclic amines) is 1. The van der Waals surface area contributed by atoms with E-state index in [-0.39, 0.29) is 29.3 Å². The Morgan fingerprint density at radius 2 is 1.81 bits per heavy atom. The van der Waals surface area contributed by atoms with Crippen LogP contribution in [-0.4, -0.2) is 35.3 Å². The normalized spacial score (nSPS) is 26.5. The molecule has 1 aliphatic heterocycles. The van der Waals surface area contributed by atoms with Gasteiger partial charge in [-0.2, -0.15) is 0 Å². The highest BCUT2D eigenvalue weighted by molar-refractivity contribution is 6.05. The van der Waals surface area contributed by atoms with Crippen molar-refractivity contribution in [2.75, 3.05) is 6.54 Å². The zero-order chi connectivity index (χ0) is 15.6. The fourth-order valence-electron chi connectivity index (χ4n) is 3.16. The largest absolute Gasteiger partial charge is 0.305 e. The van der Waals surface area contributed by atoms with Crippen molar-refractivity contribution in [2.24, 2.45) is 11.3 Å². The van der Waals surface area contributed by atoms with E-state index in [4.69, 9.17) is 0 Å². The Hall–Kier alpha value is -0.900. The molecule has 2 aliphatic rings. The minimum atomic E-state index is -0.302. The minimum absolute atomic E-state index is 0.00742. The molecule has 0 aromatic carbocycles. The molecule has 0 aromatic rings. The van der Waals surface area contributed by atoms with Crippen LogP contribution in [-0.2, 0) is 9.59 Å². The smallest absolute Gasteiger partial charge is 0.247 e. The van der Waals surface area contributed by atoms with Crippen LogP contribution >= 0.6 is 0 Å². The molecule has 1 saturated carbocycles. The minimum Gasteiger partial charge on any atom is -0.305 e. The van der Waals surface area contributed by atoms with Gasteiger partial charge in [-0.3, -0.25) is 14.5 Å². The topological polar surface area (TPSA) is 49.4 Å². The number of hydrogen-bond acceptors (Lipinski definition) is 3. The number of nitrogens with zero attached hydrogens (tertiary/aromatic N) is 1. The van der Waals surface area contributed by atoms with Gasteiger partial charge >= 0.3 is 0 Å². The number of nitrogens with one attached hydrogen (secondary N) is 1. The molecule has 1 N–H and O–H groups in total. The highest BCUT2D eigenvalue weighted by Crippen LogP contribution is 2.28. The number of imide groups is 1. The first-order chi connectivity index (χ1) is 9.80. The van der Waals surface area contributed by atoms with Gasteiger partial charge in [0.05, 0.1) is 12.5 Å². The molecular weight excluding hydrogens is 264 g/mol. The summed E-state index contributed by atoms with van der Waals surface area (Å²) >= 11 is 0. The van der Waals surface area contributed by atoms with E-state index >= 15 is 0 Å². The van der Waals surface area contributed by atoms with Gasteiger partial charge in [0.15, 0.2) is 0 Å². The van der Waals surface area contributed by atoms with Crippen molar-refractivity contribution in [3.05, 3.63) is 0 Å².